The van der Waals surface area contributed by atoms with Crippen LogP contribution in [0.4, 0.5) is 0 Å². The van der Waals surface area contributed by atoms with Crippen molar-refractivity contribution < 1.29 is 0 Å². The lowest BCUT2D eigenvalue weighted by molar-refractivity contribution is 0.517. The van der Waals surface area contributed by atoms with Crippen LogP contribution in [0.3, 0.4) is 0 Å². The van der Waals surface area contributed by atoms with Gasteiger partial charge in [-0.25, -0.2) is 4.98 Å². The number of rotatable bonds is 7. The van der Waals surface area contributed by atoms with Gasteiger partial charge in [0.15, 0.2) is 0 Å². The second-order valence-electron chi connectivity index (χ2n) is 6.15. The summed E-state index contributed by atoms with van der Waals surface area (Å²) in [7, 11) is 0. The van der Waals surface area contributed by atoms with Crippen molar-refractivity contribution in [2.75, 3.05) is 13.1 Å². The highest BCUT2D eigenvalue weighted by atomic mass is 15.1. The van der Waals surface area contributed by atoms with Gasteiger partial charge in [0, 0.05) is 13.1 Å². The van der Waals surface area contributed by atoms with E-state index >= 15 is 0 Å². The summed E-state index contributed by atoms with van der Waals surface area (Å²) in [5.74, 6) is 0.806. The second-order valence-corrected chi connectivity index (χ2v) is 6.15. The molecule has 0 atom stereocenters. The van der Waals surface area contributed by atoms with E-state index in [1.165, 1.54) is 29.5 Å². The molecule has 0 bridgehead atoms. The maximum absolute atomic E-state index is 4.49. The molecule has 2 rings (SSSR count). The summed E-state index contributed by atoms with van der Waals surface area (Å²) < 4.78 is 2.25. The summed E-state index contributed by atoms with van der Waals surface area (Å²) in [5, 5.41) is 3.52. The average Bonchev–Trinajstić information content (AvgIpc) is 2.76. The minimum atomic E-state index is 0.806. The Morgan fingerprint density at radius 2 is 1.90 bits per heavy atom. The van der Waals surface area contributed by atoms with E-state index in [0.29, 0.717) is 0 Å². The molecule has 0 aliphatic rings. The number of nitrogens with zero attached hydrogens (tertiary/aromatic N) is 2. The van der Waals surface area contributed by atoms with Crippen LogP contribution < -0.4 is 5.32 Å². The van der Waals surface area contributed by atoms with Gasteiger partial charge in [0.25, 0.3) is 0 Å². The van der Waals surface area contributed by atoms with Crippen LogP contribution in [0.15, 0.2) is 18.5 Å². The van der Waals surface area contributed by atoms with E-state index in [-0.39, 0.29) is 0 Å². The molecule has 1 aromatic heterocycles. The molecular formula is C17H27N3. The van der Waals surface area contributed by atoms with Gasteiger partial charge in [-0.15, -0.1) is 0 Å². The van der Waals surface area contributed by atoms with Crippen molar-refractivity contribution in [3.63, 3.8) is 0 Å². The highest BCUT2D eigenvalue weighted by molar-refractivity contribution is 5.77. The molecule has 0 unspecified atom stereocenters. The molecule has 1 heterocycles. The van der Waals surface area contributed by atoms with Crippen molar-refractivity contribution in [2.45, 2.75) is 47.1 Å². The fourth-order valence-corrected chi connectivity index (χ4v) is 2.45. The van der Waals surface area contributed by atoms with E-state index in [0.717, 1.165) is 31.1 Å². The first-order valence-electron chi connectivity index (χ1n) is 7.70. The molecule has 0 radical (unpaired) electrons. The molecule has 0 amide bonds. The fourth-order valence-electron chi connectivity index (χ4n) is 2.45. The molecule has 0 saturated heterocycles. The summed E-state index contributed by atoms with van der Waals surface area (Å²) in [5.41, 5.74) is 5.00. The second kappa shape index (κ2) is 6.89. The zero-order valence-corrected chi connectivity index (χ0v) is 13.2. The monoisotopic (exact) mass is 273 g/mol. The third kappa shape index (κ3) is 3.83. The first kappa shape index (κ1) is 15.0. The number of hydrogen-bond acceptors (Lipinski definition) is 2. The zero-order chi connectivity index (χ0) is 14.5. The predicted octanol–water partition coefficient (Wildman–Crippen LogP) is 3.68. The lowest BCUT2D eigenvalue weighted by Gasteiger charge is -2.08. The molecule has 1 N–H and O–H groups in total. The molecular weight excluding hydrogens is 246 g/mol. The summed E-state index contributed by atoms with van der Waals surface area (Å²) in [6.45, 7) is 12.0. The zero-order valence-electron chi connectivity index (χ0n) is 13.2. The van der Waals surface area contributed by atoms with Gasteiger partial charge in [-0.3, -0.25) is 0 Å². The quantitative estimate of drug-likeness (QED) is 0.780. The molecule has 3 heteroatoms. The number of imidazole rings is 1. The number of hydrogen-bond donors (Lipinski definition) is 1. The van der Waals surface area contributed by atoms with Crippen LogP contribution in [0.5, 0.6) is 0 Å². The van der Waals surface area contributed by atoms with E-state index in [1.807, 2.05) is 6.33 Å². The van der Waals surface area contributed by atoms with E-state index < -0.39 is 0 Å². The summed E-state index contributed by atoms with van der Waals surface area (Å²) in [6, 6.07) is 4.42. The Morgan fingerprint density at radius 1 is 1.15 bits per heavy atom. The van der Waals surface area contributed by atoms with Gasteiger partial charge in [-0.2, -0.15) is 0 Å². The van der Waals surface area contributed by atoms with Crippen LogP contribution in [0, 0.1) is 19.8 Å². The highest BCUT2D eigenvalue weighted by Crippen LogP contribution is 2.18. The Balaban J connectivity index is 1.86. The van der Waals surface area contributed by atoms with Crippen LogP contribution in [0.25, 0.3) is 11.0 Å². The Morgan fingerprint density at radius 3 is 2.65 bits per heavy atom. The van der Waals surface area contributed by atoms with Gasteiger partial charge >= 0.3 is 0 Å². The number of benzene rings is 1. The molecule has 0 spiro atoms. The molecule has 0 aliphatic heterocycles. The standard InChI is InChI=1S/C17H27N3/c1-13(2)6-5-7-18-8-9-20-12-19-16-10-14(3)15(4)11-17(16)20/h10-13,18H,5-9H2,1-4H3. The maximum atomic E-state index is 4.49. The van der Waals surface area contributed by atoms with Gasteiger partial charge in [0.1, 0.15) is 0 Å². The number of aryl methyl sites for hydroxylation is 2. The van der Waals surface area contributed by atoms with Crippen molar-refractivity contribution in [3.05, 3.63) is 29.6 Å². The molecule has 0 saturated carbocycles. The molecule has 20 heavy (non-hydrogen) atoms. The van der Waals surface area contributed by atoms with Crippen LogP contribution in [-0.4, -0.2) is 22.6 Å². The van der Waals surface area contributed by atoms with E-state index in [1.54, 1.807) is 0 Å². The minimum Gasteiger partial charge on any atom is -0.329 e. The largest absolute Gasteiger partial charge is 0.329 e. The number of aromatic nitrogens is 2. The number of nitrogens with one attached hydrogen (secondary N) is 1. The average molecular weight is 273 g/mol. The van der Waals surface area contributed by atoms with Gasteiger partial charge < -0.3 is 9.88 Å². The third-order valence-corrected chi connectivity index (χ3v) is 3.90. The molecule has 0 aliphatic carbocycles. The first-order chi connectivity index (χ1) is 9.58. The van der Waals surface area contributed by atoms with Crippen molar-refractivity contribution in [3.8, 4) is 0 Å². The highest BCUT2D eigenvalue weighted by Gasteiger charge is 2.04. The summed E-state index contributed by atoms with van der Waals surface area (Å²) in [4.78, 5) is 4.49. The summed E-state index contributed by atoms with van der Waals surface area (Å²) in [6.07, 6.45) is 4.53. The van der Waals surface area contributed by atoms with Crippen LogP contribution in [0.1, 0.15) is 37.8 Å². The molecule has 1 aromatic carbocycles. The minimum absolute atomic E-state index is 0.806. The van der Waals surface area contributed by atoms with Crippen LogP contribution in [0.2, 0.25) is 0 Å². The Hall–Kier alpha value is -1.35. The molecule has 3 nitrogen and oxygen atoms in total. The van der Waals surface area contributed by atoms with Crippen LogP contribution >= 0.6 is 0 Å². The van der Waals surface area contributed by atoms with Crippen molar-refractivity contribution >= 4 is 11.0 Å². The third-order valence-electron chi connectivity index (χ3n) is 3.90. The van der Waals surface area contributed by atoms with Crippen molar-refractivity contribution in [2.24, 2.45) is 5.92 Å². The Bertz CT molecular complexity index is 555. The lowest BCUT2D eigenvalue weighted by atomic mass is 10.1. The lowest BCUT2D eigenvalue weighted by Crippen LogP contribution is -2.21. The van der Waals surface area contributed by atoms with Gasteiger partial charge in [-0.05, 0) is 62.4 Å². The fraction of sp³-hybridized carbons (Fsp3) is 0.588. The van der Waals surface area contributed by atoms with Crippen LogP contribution in [-0.2, 0) is 6.54 Å². The van der Waals surface area contributed by atoms with Gasteiger partial charge in [0.05, 0.1) is 17.4 Å². The normalized spacial score (nSPS) is 11.7. The number of fused-ring (bicyclic) bond motifs is 1. The Kier molecular flexibility index (Phi) is 5.18. The Labute approximate surface area is 122 Å². The summed E-state index contributed by atoms with van der Waals surface area (Å²) >= 11 is 0. The first-order valence-corrected chi connectivity index (χ1v) is 7.70. The van der Waals surface area contributed by atoms with E-state index in [4.69, 9.17) is 0 Å². The predicted molar refractivity (Wildman–Crippen MR) is 86.1 cm³/mol. The van der Waals surface area contributed by atoms with E-state index in [2.05, 4.69) is 54.7 Å². The van der Waals surface area contributed by atoms with E-state index in [9.17, 15) is 0 Å². The van der Waals surface area contributed by atoms with Gasteiger partial charge in [-0.1, -0.05) is 13.8 Å². The van der Waals surface area contributed by atoms with Gasteiger partial charge in [0.2, 0.25) is 0 Å². The maximum Gasteiger partial charge on any atom is 0.0958 e. The van der Waals surface area contributed by atoms with Crippen molar-refractivity contribution in [1.82, 2.24) is 14.9 Å². The molecule has 0 fully saturated rings. The smallest absolute Gasteiger partial charge is 0.0958 e. The topological polar surface area (TPSA) is 29.9 Å². The van der Waals surface area contributed by atoms with Crippen molar-refractivity contribution in [1.29, 1.82) is 0 Å². The molecule has 2 aromatic rings. The molecule has 110 valence electrons. The SMILES string of the molecule is Cc1cc2ncn(CCNCCCC(C)C)c2cc1C.